The number of aliphatic carboxylic acids is 2. The van der Waals surface area contributed by atoms with E-state index in [0.29, 0.717) is 17.0 Å². The van der Waals surface area contributed by atoms with Gasteiger partial charge in [-0.2, -0.15) is 11.8 Å². The van der Waals surface area contributed by atoms with E-state index in [0.717, 1.165) is 0 Å². The summed E-state index contributed by atoms with van der Waals surface area (Å²) in [4.78, 5) is 68.6. The number of nitrogens with one attached hydrogen (secondary N) is 4. The first-order chi connectivity index (χ1) is 19.0. The van der Waals surface area contributed by atoms with Gasteiger partial charge in [-0.3, -0.25) is 19.2 Å². The van der Waals surface area contributed by atoms with E-state index in [-0.39, 0.29) is 31.4 Å². The van der Waals surface area contributed by atoms with Gasteiger partial charge < -0.3 is 42.0 Å². The number of benzene rings is 1. The van der Waals surface area contributed by atoms with Crippen LogP contribution in [0.15, 0.2) is 36.8 Å². The number of nitrogens with zero attached hydrogens (tertiary/aromatic N) is 1. The summed E-state index contributed by atoms with van der Waals surface area (Å²) in [7, 11) is 0. The van der Waals surface area contributed by atoms with Gasteiger partial charge in [0, 0.05) is 31.2 Å². The van der Waals surface area contributed by atoms with E-state index in [1.165, 1.54) is 48.6 Å². The molecule has 0 aliphatic rings. The number of phenols is 1. The van der Waals surface area contributed by atoms with E-state index in [4.69, 9.17) is 10.8 Å². The van der Waals surface area contributed by atoms with Crippen LogP contribution in [0, 0.1) is 0 Å². The summed E-state index contributed by atoms with van der Waals surface area (Å²) in [5.41, 5.74) is 7.12. The van der Waals surface area contributed by atoms with E-state index in [1.807, 2.05) is 6.26 Å². The number of aromatic amines is 1. The number of carbonyl (C=O) groups excluding carboxylic acids is 3. The smallest absolute Gasteiger partial charge is 0.326 e. The Bertz CT molecular complexity index is 1140. The third-order valence-electron chi connectivity index (χ3n) is 5.85. The number of phenolic OH excluding ortho intramolecular Hbond substituents is 1. The molecule has 0 saturated carbocycles. The van der Waals surface area contributed by atoms with Crippen molar-refractivity contribution in [2.45, 2.75) is 56.3 Å². The number of rotatable bonds is 17. The van der Waals surface area contributed by atoms with Crippen molar-refractivity contribution < 1.29 is 39.3 Å². The summed E-state index contributed by atoms with van der Waals surface area (Å²) in [5.74, 6) is -4.35. The molecule has 14 nitrogen and oxygen atoms in total. The fraction of sp³-hybridized carbons (Fsp3) is 0.440. The van der Waals surface area contributed by atoms with Gasteiger partial charge in [-0.1, -0.05) is 12.1 Å². The molecule has 1 aromatic heterocycles. The minimum absolute atomic E-state index is 0.0125. The standard InChI is InChI=1S/C25H34N6O8S/c1-40-9-8-19(29-22(35)17(26)11-15-12-27-13-28-15)24(37)30-18(6-7-21(33)34)23(36)31-20(25(38)39)10-14-2-4-16(32)5-3-14/h2-5,12-13,17-20,32H,6-11,26H2,1H3,(H,27,28)(H,29,35)(H,30,37)(H,31,36)(H,33,34)(H,38,39). The van der Waals surface area contributed by atoms with Crippen molar-refractivity contribution in [1.82, 2.24) is 25.9 Å². The Morgan fingerprint density at radius 2 is 1.52 bits per heavy atom. The van der Waals surface area contributed by atoms with Gasteiger partial charge in [-0.05, 0) is 42.5 Å². The second-order valence-corrected chi connectivity index (χ2v) is 9.98. The van der Waals surface area contributed by atoms with Crippen LogP contribution in [0.1, 0.15) is 30.5 Å². The van der Waals surface area contributed by atoms with Crippen LogP contribution in [0.4, 0.5) is 0 Å². The number of H-pyrrole nitrogens is 1. The van der Waals surface area contributed by atoms with E-state index in [2.05, 4.69) is 25.9 Å². The summed E-state index contributed by atoms with van der Waals surface area (Å²) in [6, 6.07) is 0.874. The third kappa shape index (κ3) is 10.9. The normalized spacial score (nSPS) is 13.8. The fourth-order valence-electron chi connectivity index (χ4n) is 3.66. The van der Waals surface area contributed by atoms with Crippen LogP contribution in [0.2, 0.25) is 0 Å². The molecular formula is C25H34N6O8S. The first kappa shape index (κ1) is 32.1. The maximum absolute atomic E-state index is 13.2. The summed E-state index contributed by atoms with van der Waals surface area (Å²) < 4.78 is 0. The van der Waals surface area contributed by atoms with Crippen molar-refractivity contribution in [3.63, 3.8) is 0 Å². The van der Waals surface area contributed by atoms with Gasteiger partial charge in [-0.25, -0.2) is 9.78 Å². The second kappa shape index (κ2) is 16.1. The van der Waals surface area contributed by atoms with Crippen LogP contribution in [0.25, 0.3) is 0 Å². The van der Waals surface area contributed by atoms with Gasteiger partial charge in [0.05, 0.1) is 12.4 Å². The molecule has 15 heteroatoms. The average Bonchev–Trinajstić information content (AvgIpc) is 3.42. The zero-order valence-electron chi connectivity index (χ0n) is 21.8. The van der Waals surface area contributed by atoms with Crippen LogP contribution < -0.4 is 21.7 Å². The predicted octanol–water partition coefficient (Wildman–Crippen LogP) is -0.615. The summed E-state index contributed by atoms with van der Waals surface area (Å²) in [5, 5.41) is 35.6. The Morgan fingerprint density at radius 3 is 2.08 bits per heavy atom. The topological polar surface area (TPSA) is 237 Å². The number of amides is 3. The highest BCUT2D eigenvalue weighted by Gasteiger charge is 2.30. The molecule has 40 heavy (non-hydrogen) atoms. The zero-order valence-corrected chi connectivity index (χ0v) is 22.6. The lowest BCUT2D eigenvalue weighted by atomic mass is 10.0. The molecule has 0 spiro atoms. The van der Waals surface area contributed by atoms with E-state index in [9.17, 15) is 34.2 Å². The summed E-state index contributed by atoms with van der Waals surface area (Å²) >= 11 is 1.43. The SMILES string of the molecule is CSCCC(NC(=O)C(N)Cc1cnc[nH]1)C(=O)NC(CCC(=O)O)C(=O)NC(Cc1ccc(O)cc1)C(=O)O. The highest BCUT2D eigenvalue weighted by Crippen LogP contribution is 2.12. The van der Waals surface area contributed by atoms with Crippen LogP contribution in [0.3, 0.4) is 0 Å². The van der Waals surface area contributed by atoms with Crippen LogP contribution in [-0.4, -0.2) is 91.1 Å². The van der Waals surface area contributed by atoms with Gasteiger partial charge in [0.2, 0.25) is 17.7 Å². The Hall–Kier alpha value is -4.11. The molecule has 0 radical (unpaired) electrons. The molecule has 0 aliphatic carbocycles. The van der Waals surface area contributed by atoms with Crippen LogP contribution >= 0.6 is 11.8 Å². The first-order valence-corrected chi connectivity index (χ1v) is 13.7. The van der Waals surface area contributed by atoms with Gasteiger partial charge in [0.1, 0.15) is 23.9 Å². The average molecular weight is 579 g/mol. The predicted molar refractivity (Wildman–Crippen MR) is 145 cm³/mol. The van der Waals surface area contributed by atoms with E-state index < -0.39 is 60.2 Å². The molecule has 1 aromatic carbocycles. The highest BCUT2D eigenvalue weighted by molar-refractivity contribution is 7.98. The highest BCUT2D eigenvalue weighted by atomic mass is 32.2. The minimum Gasteiger partial charge on any atom is -0.508 e. The number of aromatic hydroxyl groups is 1. The quantitative estimate of drug-likeness (QED) is 0.118. The maximum atomic E-state index is 13.2. The number of imidazole rings is 1. The molecule has 2 aromatic rings. The molecule has 218 valence electrons. The molecule has 4 atom stereocenters. The number of hydrogen-bond donors (Lipinski definition) is 8. The van der Waals surface area contributed by atoms with Crippen LogP contribution in [0.5, 0.6) is 5.75 Å². The number of hydrogen-bond acceptors (Lipinski definition) is 9. The van der Waals surface area contributed by atoms with Crippen molar-refractivity contribution in [2.75, 3.05) is 12.0 Å². The molecule has 9 N–H and O–H groups in total. The third-order valence-corrected chi connectivity index (χ3v) is 6.49. The molecule has 0 fully saturated rings. The Labute approximate surface area is 234 Å². The van der Waals surface area contributed by atoms with Gasteiger partial charge in [0.25, 0.3) is 0 Å². The van der Waals surface area contributed by atoms with Crippen molar-refractivity contribution in [2.24, 2.45) is 5.73 Å². The molecule has 2 rings (SSSR count). The number of nitrogens with two attached hydrogens (primary N) is 1. The molecule has 0 aliphatic heterocycles. The van der Waals surface area contributed by atoms with Gasteiger partial charge >= 0.3 is 11.9 Å². The monoisotopic (exact) mass is 578 g/mol. The Morgan fingerprint density at radius 1 is 0.925 bits per heavy atom. The number of thioether (sulfide) groups is 1. The van der Waals surface area contributed by atoms with Crippen molar-refractivity contribution >= 4 is 41.4 Å². The fourth-order valence-corrected chi connectivity index (χ4v) is 4.13. The second-order valence-electron chi connectivity index (χ2n) is 8.99. The van der Waals surface area contributed by atoms with Crippen molar-refractivity contribution in [1.29, 1.82) is 0 Å². The molecule has 0 bridgehead atoms. The van der Waals surface area contributed by atoms with E-state index in [1.54, 1.807) is 0 Å². The Kier molecular flexibility index (Phi) is 12.9. The first-order valence-electron chi connectivity index (χ1n) is 12.4. The number of carbonyl (C=O) groups is 5. The van der Waals surface area contributed by atoms with Crippen molar-refractivity contribution in [3.05, 3.63) is 48.0 Å². The van der Waals surface area contributed by atoms with E-state index >= 15 is 0 Å². The zero-order chi connectivity index (χ0) is 29.7. The molecule has 1 heterocycles. The van der Waals surface area contributed by atoms with Crippen molar-refractivity contribution in [3.8, 4) is 5.75 Å². The minimum atomic E-state index is -1.39. The number of aromatic nitrogens is 2. The summed E-state index contributed by atoms with van der Waals surface area (Å²) in [6.45, 7) is 0. The largest absolute Gasteiger partial charge is 0.508 e. The maximum Gasteiger partial charge on any atom is 0.326 e. The lowest BCUT2D eigenvalue weighted by molar-refractivity contribution is -0.143. The molecular weight excluding hydrogens is 544 g/mol. The van der Waals surface area contributed by atoms with Crippen LogP contribution in [-0.2, 0) is 36.8 Å². The number of carboxylic acids is 2. The molecule has 4 unspecified atom stereocenters. The Balaban J connectivity index is 2.13. The van der Waals surface area contributed by atoms with Gasteiger partial charge in [0.15, 0.2) is 0 Å². The lowest BCUT2D eigenvalue weighted by Crippen LogP contribution is -2.57. The molecule has 0 saturated heterocycles. The molecule has 3 amide bonds. The number of carboxylic acid groups (broad SMARTS) is 2. The summed E-state index contributed by atoms with van der Waals surface area (Å²) in [6.07, 6.45) is 4.18. The lowest BCUT2D eigenvalue weighted by Gasteiger charge is -2.25. The van der Waals surface area contributed by atoms with Gasteiger partial charge in [-0.15, -0.1) is 0 Å².